The van der Waals surface area contributed by atoms with E-state index in [0.717, 1.165) is 0 Å². The fourth-order valence-corrected chi connectivity index (χ4v) is 2.62. The maximum atomic E-state index is 12.0. The summed E-state index contributed by atoms with van der Waals surface area (Å²) in [5.74, 6) is -1.40. The number of nitrogen functional groups attached to an aromatic ring is 1. The average Bonchev–Trinajstić information content (AvgIpc) is 2.69. The summed E-state index contributed by atoms with van der Waals surface area (Å²) in [5.41, 5.74) is 17.4. The van der Waals surface area contributed by atoms with E-state index in [1.165, 1.54) is 0 Å². The van der Waals surface area contributed by atoms with Gasteiger partial charge in [-0.05, 0) is 37.1 Å². The molecule has 29 heavy (non-hydrogen) atoms. The zero-order valence-corrected chi connectivity index (χ0v) is 16.7. The van der Waals surface area contributed by atoms with Gasteiger partial charge in [-0.3, -0.25) is 14.4 Å². The van der Waals surface area contributed by atoms with Crippen LogP contribution in [0.5, 0.6) is 0 Å². The molecule has 0 saturated heterocycles. The van der Waals surface area contributed by atoms with Crippen LogP contribution in [0, 0.1) is 5.92 Å². The van der Waals surface area contributed by atoms with E-state index in [2.05, 4.69) is 5.32 Å². The van der Waals surface area contributed by atoms with E-state index in [1.807, 2.05) is 0 Å². The Morgan fingerprint density at radius 3 is 2.34 bits per heavy atom. The predicted octanol–water partition coefficient (Wildman–Crippen LogP) is 0.222. The summed E-state index contributed by atoms with van der Waals surface area (Å²) in [6.45, 7) is 1.93. The zero-order valence-electron chi connectivity index (χ0n) is 16.7. The van der Waals surface area contributed by atoms with Crippen LogP contribution in [0.1, 0.15) is 36.0 Å². The van der Waals surface area contributed by atoms with E-state index in [1.54, 1.807) is 24.3 Å². The normalized spacial score (nSPS) is 11.8. The summed E-state index contributed by atoms with van der Waals surface area (Å²) in [7, 11) is 0. The summed E-state index contributed by atoms with van der Waals surface area (Å²) in [6.07, 6.45) is 1.87. The molecule has 0 saturated carbocycles. The highest BCUT2D eigenvalue weighted by Gasteiger charge is 2.19. The number of hydrogen-bond donors (Lipinski definition) is 4. The van der Waals surface area contributed by atoms with E-state index in [0.29, 0.717) is 63.4 Å². The SMILES string of the molecule is NCCOCCOCC(=O)CC(CCCCNC(=O)c1ccc(N)cc1)C(N)=O. The Morgan fingerprint density at radius 1 is 1.00 bits per heavy atom. The number of Topliss-reactive ketones (excluding diaryl/α,β-unsaturated/α-hetero) is 1. The maximum Gasteiger partial charge on any atom is 0.251 e. The second kappa shape index (κ2) is 14.5. The van der Waals surface area contributed by atoms with Gasteiger partial charge in [0.05, 0.1) is 19.8 Å². The molecular weight excluding hydrogens is 376 g/mol. The van der Waals surface area contributed by atoms with Crippen molar-refractivity contribution in [3.8, 4) is 0 Å². The summed E-state index contributed by atoms with van der Waals surface area (Å²) >= 11 is 0. The molecule has 0 radical (unpaired) electrons. The molecule has 0 heterocycles. The minimum absolute atomic E-state index is 0.0524. The summed E-state index contributed by atoms with van der Waals surface area (Å²) in [5, 5.41) is 2.81. The van der Waals surface area contributed by atoms with E-state index in [9.17, 15) is 14.4 Å². The zero-order chi connectivity index (χ0) is 21.5. The fraction of sp³-hybridized carbons (Fsp3) is 0.550. The molecule has 1 aromatic carbocycles. The van der Waals surface area contributed by atoms with Crippen LogP contribution in [0.4, 0.5) is 5.69 Å². The van der Waals surface area contributed by atoms with Crippen LogP contribution in [-0.2, 0) is 19.1 Å². The van der Waals surface area contributed by atoms with E-state index >= 15 is 0 Å². The molecular formula is C20H32N4O5. The lowest BCUT2D eigenvalue weighted by molar-refractivity contribution is -0.130. The number of carbonyl (C=O) groups excluding carboxylic acids is 3. The van der Waals surface area contributed by atoms with Crippen LogP contribution in [0.25, 0.3) is 0 Å². The first-order valence-electron chi connectivity index (χ1n) is 9.74. The van der Waals surface area contributed by atoms with Crippen molar-refractivity contribution >= 4 is 23.3 Å². The van der Waals surface area contributed by atoms with Crippen molar-refractivity contribution < 1.29 is 23.9 Å². The smallest absolute Gasteiger partial charge is 0.251 e. The Hall–Kier alpha value is -2.49. The third-order valence-electron chi connectivity index (χ3n) is 4.21. The Kier molecular flexibility index (Phi) is 12.3. The number of nitrogens with one attached hydrogen (secondary N) is 1. The third kappa shape index (κ3) is 11.2. The van der Waals surface area contributed by atoms with Gasteiger partial charge in [-0.1, -0.05) is 6.42 Å². The van der Waals surface area contributed by atoms with Gasteiger partial charge >= 0.3 is 0 Å². The molecule has 0 aliphatic carbocycles. The van der Waals surface area contributed by atoms with Gasteiger partial charge in [0.1, 0.15) is 6.61 Å². The van der Waals surface area contributed by atoms with Crippen molar-refractivity contribution in [3.63, 3.8) is 0 Å². The molecule has 0 aliphatic heterocycles. The second-order valence-corrected chi connectivity index (χ2v) is 6.67. The van der Waals surface area contributed by atoms with E-state index < -0.39 is 11.8 Å². The monoisotopic (exact) mass is 408 g/mol. The standard InChI is InChI=1S/C20H32N4O5/c21-8-10-28-11-12-29-14-18(25)13-16(19(23)26)3-1-2-9-24-20(27)15-4-6-17(22)7-5-15/h4-7,16H,1-3,8-14,21-22H2,(H2,23,26)(H,24,27). The second-order valence-electron chi connectivity index (χ2n) is 6.67. The van der Waals surface area contributed by atoms with Gasteiger partial charge in [0.2, 0.25) is 5.91 Å². The van der Waals surface area contributed by atoms with Crippen LogP contribution < -0.4 is 22.5 Å². The molecule has 1 unspecified atom stereocenters. The molecule has 0 spiro atoms. The number of carbonyl (C=O) groups is 3. The number of primary amides is 1. The largest absolute Gasteiger partial charge is 0.399 e. The molecule has 1 aromatic rings. The van der Waals surface area contributed by atoms with Crippen molar-refractivity contribution in [2.45, 2.75) is 25.7 Å². The Balaban J connectivity index is 2.20. The van der Waals surface area contributed by atoms with E-state index in [-0.39, 0.29) is 24.7 Å². The number of amides is 2. The molecule has 162 valence electrons. The van der Waals surface area contributed by atoms with Gasteiger partial charge in [-0.15, -0.1) is 0 Å². The van der Waals surface area contributed by atoms with Gasteiger partial charge in [-0.25, -0.2) is 0 Å². The molecule has 0 aliphatic rings. The van der Waals surface area contributed by atoms with Gasteiger partial charge in [0.25, 0.3) is 5.91 Å². The number of ketones is 1. The summed E-state index contributed by atoms with van der Waals surface area (Å²) < 4.78 is 10.4. The molecule has 1 atom stereocenters. The predicted molar refractivity (Wildman–Crippen MR) is 110 cm³/mol. The average molecular weight is 408 g/mol. The lowest BCUT2D eigenvalue weighted by Crippen LogP contribution is -2.28. The van der Waals surface area contributed by atoms with Crippen molar-refractivity contribution in [2.75, 3.05) is 45.3 Å². The number of benzene rings is 1. The van der Waals surface area contributed by atoms with Crippen LogP contribution in [-0.4, -0.2) is 57.1 Å². The number of unbranched alkanes of at least 4 members (excludes halogenated alkanes) is 1. The molecule has 1 rings (SSSR count). The Labute approximate surface area is 171 Å². The number of anilines is 1. The maximum absolute atomic E-state index is 12.0. The van der Waals surface area contributed by atoms with Crippen LogP contribution in [0.3, 0.4) is 0 Å². The minimum Gasteiger partial charge on any atom is -0.399 e. The first kappa shape index (κ1) is 24.5. The summed E-state index contributed by atoms with van der Waals surface area (Å²) in [6, 6.07) is 6.65. The topological polar surface area (TPSA) is 160 Å². The van der Waals surface area contributed by atoms with Crippen molar-refractivity contribution in [1.82, 2.24) is 5.32 Å². The third-order valence-corrected chi connectivity index (χ3v) is 4.21. The van der Waals surface area contributed by atoms with Crippen LogP contribution in [0.2, 0.25) is 0 Å². The van der Waals surface area contributed by atoms with Gasteiger partial charge in [0, 0.05) is 36.7 Å². The molecule has 7 N–H and O–H groups in total. The number of nitrogens with two attached hydrogens (primary N) is 3. The van der Waals surface area contributed by atoms with Gasteiger partial charge in [-0.2, -0.15) is 0 Å². The molecule has 0 aromatic heterocycles. The highest BCUT2D eigenvalue weighted by Crippen LogP contribution is 2.13. The number of hydrogen-bond acceptors (Lipinski definition) is 7. The fourth-order valence-electron chi connectivity index (χ4n) is 2.62. The first-order chi connectivity index (χ1) is 13.9. The summed E-state index contributed by atoms with van der Waals surface area (Å²) in [4.78, 5) is 35.5. The quantitative estimate of drug-likeness (QED) is 0.225. The Bertz CT molecular complexity index is 636. The lowest BCUT2D eigenvalue weighted by atomic mass is 9.95. The number of rotatable bonds is 16. The molecule has 0 bridgehead atoms. The minimum atomic E-state index is -0.535. The molecule has 9 nitrogen and oxygen atoms in total. The van der Waals surface area contributed by atoms with Gasteiger partial charge in [0.15, 0.2) is 5.78 Å². The van der Waals surface area contributed by atoms with Crippen molar-refractivity contribution in [3.05, 3.63) is 29.8 Å². The molecule has 2 amide bonds. The molecule has 9 heteroatoms. The lowest BCUT2D eigenvalue weighted by Gasteiger charge is -2.13. The number of ether oxygens (including phenoxy) is 2. The highest BCUT2D eigenvalue weighted by molar-refractivity contribution is 5.94. The van der Waals surface area contributed by atoms with Gasteiger partial charge < -0.3 is 32.0 Å². The van der Waals surface area contributed by atoms with Crippen molar-refractivity contribution in [2.24, 2.45) is 17.4 Å². The Morgan fingerprint density at radius 2 is 1.69 bits per heavy atom. The molecule has 0 fully saturated rings. The van der Waals surface area contributed by atoms with Crippen LogP contribution in [0.15, 0.2) is 24.3 Å². The first-order valence-corrected chi connectivity index (χ1v) is 9.74. The van der Waals surface area contributed by atoms with Crippen molar-refractivity contribution in [1.29, 1.82) is 0 Å². The van der Waals surface area contributed by atoms with Crippen LogP contribution >= 0.6 is 0 Å². The highest BCUT2D eigenvalue weighted by atomic mass is 16.5. The van der Waals surface area contributed by atoms with E-state index in [4.69, 9.17) is 26.7 Å².